The number of nitrogens with one attached hydrogen (secondary N) is 1. The van der Waals surface area contributed by atoms with Crippen LogP contribution in [0.1, 0.15) is 36.0 Å². The van der Waals surface area contributed by atoms with E-state index in [1.807, 2.05) is 54.6 Å². The second-order valence-corrected chi connectivity index (χ2v) is 7.16. The van der Waals surface area contributed by atoms with Gasteiger partial charge in [0.05, 0.1) is 11.7 Å². The number of benzene rings is 2. The van der Waals surface area contributed by atoms with Crippen LogP contribution in [0.25, 0.3) is 0 Å². The number of amides is 1. The summed E-state index contributed by atoms with van der Waals surface area (Å²) < 4.78 is 5.96. The van der Waals surface area contributed by atoms with Gasteiger partial charge in [0.25, 0.3) is 5.91 Å². The maximum Gasteiger partial charge on any atom is 0.256 e. The fourth-order valence-electron chi connectivity index (χ4n) is 2.94. The largest absolute Gasteiger partial charge is 0.490 e. The third-order valence-corrected chi connectivity index (χ3v) is 5.27. The summed E-state index contributed by atoms with van der Waals surface area (Å²) in [4.78, 5) is 13.5. The minimum atomic E-state index is -0.100. The monoisotopic (exact) mass is 353 g/mol. The Bertz CT molecular complexity index is 721. The van der Waals surface area contributed by atoms with Gasteiger partial charge in [0.1, 0.15) is 5.75 Å². The van der Waals surface area contributed by atoms with E-state index < -0.39 is 0 Å². The first-order valence-electron chi connectivity index (χ1n) is 8.67. The molecule has 3 nitrogen and oxygen atoms in total. The fourth-order valence-corrected chi connectivity index (χ4v) is 3.73. The zero-order valence-electron chi connectivity index (χ0n) is 14.2. The molecule has 0 heterocycles. The predicted octanol–water partition coefficient (Wildman–Crippen LogP) is 5.54. The van der Waals surface area contributed by atoms with Crippen LogP contribution in [0.5, 0.6) is 5.75 Å². The molecule has 25 heavy (non-hydrogen) atoms. The molecular weight excluding hydrogens is 330 g/mol. The van der Waals surface area contributed by atoms with Gasteiger partial charge < -0.3 is 10.1 Å². The van der Waals surface area contributed by atoms with Crippen LogP contribution in [0.4, 0.5) is 5.69 Å². The minimum Gasteiger partial charge on any atom is -0.490 e. The third kappa shape index (κ3) is 4.89. The SMILES string of the molecule is C=CCSc1ccccc1C(=O)Nc1ccc(OC2CCCC2)cc1. The molecule has 4 heteroatoms. The normalized spacial score (nSPS) is 14.2. The number of rotatable bonds is 7. The molecule has 0 radical (unpaired) electrons. The Kier molecular flexibility index (Phi) is 6.18. The Morgan fingerprint density at radius 2 is 1.88 bits per heavy atom. The van der Waals surface area contributed by atoms with E-state index in [1.165, 1.54) is 12.8 Å². The summed E-state index contributed by atoms with van der Waals surface area (Å²) in [5.41, 5.74) is 1.45. The highest BCUT2D eigenvalue weighted by Crippen LogP contribution is 2.26. The van der Waals surface area contributed by atoms with E-state index in [1.54, 1.807) is 11.8 Å². The molecule has 0 spiro atoms. The van der Waals surface area contributed by atoms with Crippen molar-refractivity contribution in [2.75, 3.05) is 11.1 Å². The molecule has 2 aromatic rings. The van der Waals surface area contributed by atoms with Gasteiger partial charge in [0.2, 0.25) is 0 Å². The first-order valence-corrected chi connectivity index (χ1v) is 9.65. The standard InChI is InChI=1S/C21H23NO2S/c1-2-15-25-20-10-6-5-9-19(20)21(23)22-16-11-13-18(14-12-16)24-17-7-3-4-8-17/h2,5-6,9-14,17H,1,3-4,7-8,15H2,(H,22,23). The van der Waals surface area contributed by atoms with E-state index in [9.17, 15) is 4.79 Å². The topological polar surface area (TPSA) is 38.3 Å². The van der Waals surface area contributed by atoms with Gasteiger partial charge in [-0.05, 0) is 62.1 Å². The van der Waals surface area contributed by atoms with Gasteiger partial charge in [0.15, 0.2) is 0 Å². The Labute approximate surface area is 153 Å². The molecule has 0 saturated heterocycles. The molecule has 3 rings (SSSR count). The molecule has 0 aromatic heterocycles. The van der Waals surface area contributed by atoms with Crippen LogP contribution in [0.3, 0.4) is 0 Å². The van der Waals surface area contributed by atoms with Crippen molar-refractivity contribution >= 4 is 23.4 Å². The lowest BCUT2D eigenvalue weighted by atomic mass is 10.2. The molecule has 1 aliphatic rings. The lowest BCUT2D eigenvalue weighted by molar-refractivity contribution is 0.102. The molecular formula is C21H23NO2S. The summed E-state index contributed by atoms with van der Waals surface area (Å²) in [6, 6.07) is 15.3. The van der Waals surface area contributed by atoms with E-state index in [0.29, 0.717) is 11.7 Å². The summed E-state index contributed by atoms with van der Waals surface area (Å²) in [6.45, 7) is 3.73. The molecule has 1 fully saturated rings. The van der Waals surface area contributed by atoms with Gasteiger partial charge in [-0.2, -0.15) is 0 Å². The summed E-state index contributed by atoms with van der Waals surface area (Å²) in [5, 5.41) is 2.96. The number of hydrogen-bond donors (Lipinski definition) is 1. The van der Waals surface area contributed by atoms with Crippen molar-refractivity contribution in [3.05, 3.63) is 66.7 Å². The first-order chi connectivity index (χ1) is 12.3. The quantitative estimate of drug-likeness (QED) is 0.525. The van der Waals surface area contributed by atoms with Crippen molar-refractivity contribution in [2.24, 2.45) is 0 Å². The number of carbonyl (C=O) groups is 1. The summed E-state index contributed by atoms with van der Waals surface area (Å²) in [7, 11) is 0. The zero-order valence-corrected chi connectivity index (χ0v) is 15.1. The van der Waals surface area contributed by atoms with Crippen molar-refractivity contribution in [3.8, 4) is 5.75 Å². The summed E-state index contributed by atoms with van der Waals surface area (Å²) in [5.74, 6) is 1.54. The van der Waals surface area contributed by atoms with Gasteiger partial charge in [-0.25, -0.2) is 0 Å². The molecule has 2 aromatic carbocycles. The molecule has 0 unspecified atom stereocenters. The number of thioether (sulfide) groups is 1. The lowest BCUT2D eigenvalue weighted by Crippen LogP contribution is -2.13. The van der Waals surface area contributed by atoms with E-state index in [0.717, 1.165) is 34.9 Å². The summed E-state index contributed by atoms with van der Waals surface area (Å²) in [6.07, 6.45) is 6.95. The lowest BCUT2D eigenvalue weighted by Gasteiger charge is -2.14. The van der Waals surface area contributed by atoms with Crippen molar-refractivity contribution in [2.45, 2.75) is 36.7 Å². The Morgan fingerprint density at radius 1 is 1.16 bits per heavy atom. The first kappa shape index (κ1) is 17.6. The smallest absolute Gasteiger partial charge is 0.256 e. The fraction of sp³-hybridized carbons (Fsp3) is 0.286. The Hall–Kier alpha value is -2.20. The predicted molar refractivity (Wildman–Crippen MR) is 105 cm³/mol. The zero-order chi connectivity index (χ0) is 17.5. The Balaban J connectivity index is 1.63. The Morgan fingerprint density at radius 3 is 2.60 bits per heavy atom. The van der Waals surface area contributed by atoms with Gasteiger partial charge in [0, 0.05) is 16.3 Å². The number of carbonyl (C=O) groups excluding carboxylic acids is 1. The molecule has 130 valence electrons. The number of anilines is 1. The van der Waals surface area contributed by atoms with Gasteiger partial charge in [-0.3, -0.25) is 4.79 Å². The molecule has 1 saturated carbocycles. The minimum absolute atomic E-state index is 0.100. The van der Waals surface area contributed by atoms with Crippen LogP contribution in [-0.2, 0) is 0 Å². The number of ether oxygens (including phenoxy) is 1. The highest BCUT2D eigenvalue weighted by Gasteiger charge is 2.16. The molecule has 0 aliphatic heterocycles. The van der Waals surface area contributed by atoms with E-state index in [4.69, 9.17) is 4.74 Å². The van der Waals surface area contributed by atoms with Crippen molar-refractivity contribution in [3.63, 3.8) is 0 Å². The van der Waals surface area contributed by atoms with Crippen LogP contribution >= 0.6 is 11.8 Å². The second-order valence-electron chi connectivity index (χ2n) is 6.10. The maximum atomic E-state index is 12.6. The molecule has 1 N–H and O–H groups in total. The highest BCUT2D eigenvalue weighted by atomic mass is 32.2. The van der Waals surface area contributed by atoms with Crippen LogP contribution in [-0.4, -0.2) is 17.8 Å². The van der Waals surface area contributed by atoms with Crippen LogP contribution in [0.2, 0.25) is 0 Å². The molecule has 1 amide bonds. The van der Waals surface area contributed by atoms with Gasteiger partial charge >= 0.3 is 0 Å². The average Bonchev–Trinajstić information content (AvgIpc) is 3.15. The molecule has 0 atom stereocenters. The van der Waals surface area contributed by atoms with Crippen molar-refractivity contribution < 1.29 is 9.53 Å². The molecule has 0 bridgehead atoms. The van der Waals surface area contributed by atoms with E-state index in [-0.39, 0.29) is 5.91 Å². The van der Waals surface area contributed by atoms with Crippen molar-refractivity contribution in [1.82, 2.24) is 0 Å². The highest BCUT2D eigenvalue weighted by molar-refractivity contribution is 7.99. The number of hydrogen-bond acceptors (Lipinski definition) is 3. The van der Waals surface area contributed by atoms with E-state index in [2.05, 4.69) is 11.9 Å². The van der Waals surface area contributed by atoms with E-state index >= 15 is 0 Å². The average molecular weight is 353 g/mol. The second kappa shape index (κ2) is 8.77. The van der Waals surface area contributed by atoms with Crippen LogP contribution in [0, 0.1) is 0 Å². The summed E-state index contributed by atoms with van der Waals surface area (Å²) >= 11 is 1.61. The van der Waals surface area contributed by atoms with Crippen molar-refractivity contribution in [1.29, 1.82) is 0 Å². The van der Waals surface area contributed by atoms with Gasteiger partial charge in [-0.15, -0.1) is 18.3 Å². The third-order valence-electron chi connectivity index (χ3n) is 4.21. The van der Waals surface area contributed by atoms with Crippen LogP contribution < -0.4 is 10.1 Å². The van der Waals surface area contributed by atoms with Gasteiger partial charge in [-0.1, -0.05) is 18.2 Å². The maximum absolute atomic E-state index is 12.6. The molecule has 1 aliphatic carbocycles. The van der Waals surface area contributed by atoms with Crippen LogP contribution in [0.15, 0.2) is 66.1 Å².